The average Bonchev–Trinajstić information content (AvgIpc) is 2.07. The molecule has 1 aromatic carbocycles. The molecule has 0 aliphatic rings. The van der Waals surface area contributed by atoms with Crippen molar-refractivity contribution in [2.45, 2.75) is 4.18 Å². The molecule has 0 heterocycles. The molecule has 3 heteroatoms. The van der Waals surface area contributed by atoms with Gasteiger partial charge in [-0.1, -0.05) is 0 Å². The summed E-state index contributed by atoms with van der Waals surface area (Å²) in [6.45, 7) is 0. The summed E-state index contributed by atoms with van der Waals surface area (Å²) in [5, 5.41) is 0. The third kappa shape index (κ3) is 3.08. The van der Waals surface area contributed by atoms with E-state index in [1.165, 1.54) is 9.74 Å². The molecule has 0 amide bonds. The fourth-order valence-electron chi connectivity index (χ4n) is 0.851. The number of hydrogen-bond donors (Lipinski definition) is 0. The topological polar surface area (TPSA) is 9.23 Å². The normalized spacial score (nSPS) is 9.27. The Hall–Kier alpha value is 0.370. The molecular formula is C8H9BrInO. The second-order valence-electron chi connectivity index (χ2n) is 2.21. The van der Waals surface area contributed by atoms with Crippen molar-refractivity contribution in [3.8, 4) is 5.75 Å². The molecule has 0 N–H and O–H groups in total. The van der Waals surface area contributed by atoms with E-state index in [1.807, 2.05) is 12.1 Å². The van der Waals surface area contributed by atoms with Gasteiger partial charge in [-0.3, -0.25) is 0 Å². The van der Waals surface area contributed by atoms with E-state index in [1.54, 1.807) is 7.11 Å². The van der Waals surface area contributed by atoms with Gasteiger partial charge >= 0.3 is 84.5 Å². The SMILES string of the molecule is COc1ccc([CH2][In][Br])cc1. The number of ether oxygens (including phenoxy) is 1. The van der Waals surface area contributed by atoms with Crippen LogP contribution in [-0.4, -0.2) is 27.7 Å². The minimum absolute atomic E-state index is 0.416. The molecule has 0 fully saturated rings. The summed E-state index contributed by atoms with van der Waals surface area (Å²) in [6.07, 6.45) is 0. The van der Waals surface area contributed by atoms with Crippen LogP contribution in [-0.2, 0) is 4.18 Å². The van der Waals surface area contributed by atoms with E-state index >= 15 is 0 Å². The standard InChI is InChI=1S/C8H9O.BrH.In/c1-7-3-5-8(9-2)6-4-7;;/h3-6H,1H2,2H3;1H;/q;;+1/p-1. The van der Waals surface area contributed by atoms with E-state index in [0.29, 0.717) is 0 Å². The second-order valence-corrected chi connectivity index (χ2v) is 8.60. The second kappa shape index (κ2) is 5.09. The van der Waals surface area contributed by atoms with Crippen molar-refractivity contribution in [1.82, 2.24) is 0 Å². The number of halogens is 1. The van der Waals surface area contributed by atoms with Gasteiger partial charge in [0.1, 0.15) is 0 Å². The van der Waals surface area contributed by atoms with Crippen LogP contribution in [0.1, 0.15) is 5.56 Å². The maximum absolute atomic E-state index is 5.05. The molecule has 1 nitrogen and oxygen atoms in total. The third-order valence-electron chi connectivity index (χ3n) is 1.47. The molecule has 0 spiro atoms. The summed E-state index contributed by atoms with van der Waals surface area (Å²) in [5.41, 5.74) is 1.42. The molecule has 57 valence electrons. The van der Waals surface area contributed by atoms with Crippen molar-refractivity contribution >= 4 is 32.9 Å². The predicted octanol–water partition coefficient (Wildman–Crippen LogP) is 2.21. The minimum atomic E-state index is -0.416. The molecule has 0 aliphatic heterocycles. The van der Waals surface area contributed by atoms with Crippen molar-refractivity contribution in [2.75, 3.05) is 7.11 Å². The molecule has 0 atom stereocenters. The summed E-state index contributed by atoms with van der Waals surface area (Å²) >= 11 is 3.16. The zero-order valence-corrected chi connectivity index (χ0v) is 11.3. The van der Waals surface area contributed by atoms with Crippen LogP contribution in [0.25, 0.3) is 0 Å². The van der Waals surface area contributed by atoms with Gasteiger partial charge in [-0.05, 0) is 0 Å². The molecule has 11 heavy (non-hydrogen) atoms. The van der Waals surface area contributed by atoms with Crippen molar-refractivity contribution in [2.24, 2.45) is 0 Å². The Balaban J connectivity index is 2.66. The van der Waals surface area contributed by atoms with E-state index in [9.17, 15) is 0 Å². The van der Waals surface area contributed by atoms with Crippen molar-refractivity contribution in [3.05, 3.63) is 29.8 Å². The Morgan fingerprint density at radius 1 is 1.36 bits per heavy atom. The number of methoxy groups -OCH3 is 1. The Kier molecular flexibility index (Phi) is 4.38. The summed E-state index contributed by atoms with van der Waals surface area (Å²) in [5.74, 6) is 0.941. The van der Waals surface area contributed by atoms with Crippen LogP contribution in [0.15, 0.2) is 24.3 Å². The van der Waals surface area contributed by atoms with Crippen molar-refractivity contribution in [1.29, 1.82) is 0 Å². The van der Waals surface area contributed by atoms with Crippen LogP contribution >= 0.6 is 12.3 Å². The van der Waals surface area contributed by atoms with E-state index in [0.717, 1.165) is 5.75 Å². The molecule has 0 aromatic heterocycles. The van der Waals surface area contributed by atoms with Crippen molar-refractivity contribution in [3.63, 3.8) is 0 Å². The summed E-state index contributed by atoms with van der Waals surface area (Å²) in [7, 11) is 1.69. The molecule has 1 rings (SSSR count). The zero-order valence-electron chi connectivity index (χ0n) is 6.38. The summed E-state index contributed by atoms with van der Waals surface area (Å²) < 4.78 is 6.31. The fraction of sp³-hybridized carbons (Fsp3) is 0.250. The molecule has 0 saturated carbocycles. The summed E-state index contributed by atoms with van der Waals surface area (Å²) in [6, 6.07) is 8.29. The molecule has 1 aromatic rings. The van der Waals surface area contributed by atoms with E-state index in [-0.39, 0.29) is 0 Å². The molecule has 1 radical (unpaired) electrons. The first kappa shape index (κ1) is 9.46. The quantitative estimate of drug-likeness (QED) is 0.831. The molecule has 0 bridgehead atoms. The summed E-state index contributed by atoms with van der Waals surface area (Å²) in [4.78, 5) is 0. The maximum atomic E-state index is 5.05. The first-order chi connectivity index (χ1) is 5.36. The van der Waals surface area contributed by atoms with Gasteiger partial charge in [0.05, 0.1) is 0 Å². The Morgan fingerprint density at radius 3 is 2.45 bits per heavy atom. The monoisotopic (exact) mass is 315 g/mol. The molecule has 0 unspecified atom stereocenters. The Labute approximate surface area is 84.0 Å². The Morgan fingerprint density at radius 2 is 2.00 bits per heavy atom. The molecular weight excluding hydrogens is 307 g/mol. The molecule has 0 saturated heterocycles. The number of rotatable bonds is 3. The van der Waals surface area contributed by atoms with Crippen LogP contribution in [0.2, 0.25) is 0 Å². The molecule has 0 aliphatic carbocycles. The van der Waals surface area contributed by atoms with Gasteiger partial charge in [0, 0.05) is 0 Å². The van der Waals surface area contributed by atoms with Crippen LogP contribution in [0.5, 0.6) is 5.75 Å². The van der Waals surface area contributed by atoms with Gasteiger partial charge in [-0.15, -0.1) is 0 Å². The van der Waals surface area contributed by atoms with Gasteiger partial charge in [-0.2, -0.15) is 0 Å². The number of hydrogen-bond acceptors (Lipinski definition) is 1. The third-order valence-corrected chi connectivity index (χ3v) is 5.43. The predicted molar refractivity (Wildman–Crippen MR) is 51.4 cm³/mol. The van der Waals surface area contributed by atoms with Crippen molar-refractivity contribution < 1.29 is 4.74 Å². The Bertz CT molecular complexity index is 210. The van der Waals surface area contributed by atoms with E-state index in [2.05, 4.69) is 24.4 Å². The van der Waals surface area contributed by atoms with Crippen LogP contribution < -0.4 is 4.74 Å². The van der Waals surface area contributed by atoms with Gasteiger partial charge in [-0.25, -0.2) is 0 Å². The van der Waals surface area contributed by atoms with Gasteiger partial charge in [0.25, 0.3) is 0 Å². The van der Waals surface area contributed by atoms with Crippen LogP contribution in [0.3, 0.4) is 0 Å². The van der Waals surface area contributed by atoms with Gasteiger partial charge in [0.2, 0.25) is 0 Å². The van der Waals surface area contributed by atoms with Gasteiger partial charge < -0.3 is 0 Å². The van der Waals surface area contributed by atoms with E-state index < -0.39 is 20.6 Å². The first-order valence-corrected chi connectivity index (χ1v) is 13.1. The average molecular weight is 316 g/mol. The fourth-order valence-corrected chi connectivity index (χ4v) is 4.64. The first-order valence-electron chi connectivity index (χ1n) is 3.41. The van der Waals surface area contributed by atoms with Gasteiger partial charge in [0.15, 0.2) is 0 Å². The number of benzene rings is 1. The van der Waals surface area contributed by atoms with E-state index in [4.69, 9.17) is 4.74 Å². The van der Waals surface area contributed by atoms with Crippen LogP contribution in [0, 0.1) is 0 Å². The zero-order chi connectivity index (χ0) is 8.10. The van der Waals surface area contributed by atoms with Crippen LogP contribution in [0.4, 0.5) is 0 Å².